The summed E-state index contributed by atoms with van der Waals surface area (Å²) in [6.45, 7) is 10.7. The molecule has 0 spiro atoms. The highest BCUT2D eigenvalue weighted by molar-refractivity contribution is 7.19. The van der Waals surface area contributed by atoms with Crippen LogP contribution in [0.5, 0.6) is 0 Å². The third-order valence-corrected chi connectivity index (χ3v) is 7.87. The first-order valence-electron chi connectivity index (χ1n) is 13.3. The molecule has 0 aliphatic carbocycles. The predicted octanol–water partition coefficient (Wildman–Crippen LogP) is 8.14. The molecule has 0 amide bonds. The summed E-state index contributed by atoms with van der Waals surface area (Å²) in [5, 5.41) is 24.9. The number of nitro benzene ring substituents is 2. The fourth-order valence-electron chi connectivity index (χ4n) is 4.91. The molecule has 5 rings (SSSR count). The monoisotopic (exact) mass is 573 g/mol. The summed E-state index contributed by atoms with van der Waals surface area (Å²) in [7, 11) is 0. The van der Waals surface area contributed by atoms with Crippen molar-refractivity contribution < 1.29 is 19.4 Å². The summed E-state index contributed by atoms with van der Waals surface area (Å²) in [6.07, 6.45) is 2.04. The molecule has 9 nitrogen and oxygen atoms in total. The molecule has 5 aromatic rings. The molecule has 2 heterocycles. The molecule has 0 radical (unpaired) electrons. The van der Waals surface area contributed by atoms with Gasteiger partial charge < -0.3 is 9.30 Å². The van der Waals surface area contributed by atoms with Gasteiger partial charge >= 0.3 is 5.97 Å². The van der Waals surface area contributed by atoms with Crippen LogP contribution >= 0.6 is 11.3 Å². The molecule has 0 saturated heterocycles. The smallest absolute Gasteiger partial charge is 0.310 e. The third kappa shape index (κ3) is 6.12. The van der Waals surface area contributed by atoms with E-state index >= 15 is 0 Å². The van der Waals surface area contributed by atoms with Gasteiger partial charge in [0.25, 0.3) is 11.4 Å². The normalized spacial score (nSPS) is 10.9. The van der Waals surface area contributed by atoms with Crippen LogP contribution in [0.25, 0.3) is 32.1 Å². The van der Waals surface area contributed by atoms with Gasteiger partial charge in [0.15, 0.2) is 0 Å². The number of fused-ring (bicyclic) bond motifs is 2. The van der Waals surface area contributed by atoms with Crippen molar-refractivity contribution in [1.29, 1.82) is 0 Å². The highest BCUT2D eigenvalue weighted by Gasteiger charge is 2.20. The zero-order valence-electron chi connectivity index (χ0n) is 23.6. The fourth-order valence-corrected chi connectivity index (χ4v) is 5.97. The van der Waals surface area contributed by atoms with E-state index in [1.807, 2.05) is 32.2 Å². The maximum atomic E-state index is 12.4. The quantitative estimate of drug-likeness (QED) is 0.105. The van der Waals surface area contributed by atoms with Crippen LogP contribution in [0, 0.1) is 34.1 Å². The number of non-ortho nitro benzene ring substituents is 2. The Morgan fingerprint density at radius 2 is 1.59 bits per heavy atom. The van der Waals surface area contributed by atoms with Crippen molar-refractivity contribution in [3.8, 4) is 11.1 Å². The number of ether oxygens (including phenoxy) is 1. The van der Waals surface area contributed by atoms with E-state index in [0.717, 1.165) is 28.1 Å². The van der Waals surface area contributed by atoms with E-state index in [9.17, 15) is 25.0 Å². The van der Waals surface area contributed by atoms with Crippen LogP contribution in [-0.2, 0) is 22.5 Å². The summed E-state index contributed by atoms with van der Waals surface area (Å²) in [5.74, 6) is -0.331. The standard InChI is InChI=1S/C29H25N3O6S.C2H6/c1-4-38-29(33)13-21-15-30(16-26-18(3)39-28-8-5-17(2)9-25(26)28)27-12-19(6-7-24(21)27)20-10-22(31(34)35)14-23(11-20)32(36)37;1-2/h5-12,14-15H,4,13,16H2,1-3H3;1-2H3. The van der Waals surface area contributed by atoms with Crippen LogP contribution in [-0.4, -0.2) is 27.0 Å². The maximum absolute atomic E-state index is 12.4. The van der Waals surface area contributed by atoms with Crippen LogP contribution < -0.4 is 0 Å². The SMILES string of the molecule is CC.CCOC(=O)Cc1cn(Cc2c(C)sc3ccc(C)cc23)c2cc(-c3cc([N+](=O)[O-])cc([N+](=O)[O-])c3)ccc12. The maximum Gasteiger partial charge on any atom is 0.310 e. The van der Waals surface area contributed by atoms with Gasteiger partial charge in [-0.1, -0.05) is 43.7 Å². The van der Waals surface area contributed by atoms with Gasteiger partial charge in [0.2, 0.25) is 0 Å². The van der Waals surface area contributed by atoms with Crippen LogP contribution in [0.4, 0.5) is 11.4 Å². The number of aryl methyl sites for hydroxylation is 2. The molecule has 212 valence electrons. The van der Waals surface area contributed by atoms with E-state index < -0.39 is 9.85 Å². The molecule has 41 heavy (non-hydrogen) atoms. The topological polar surface area (TPSA) is 118 Å². The Morgan fingerprint density at radius 1 is 0.902 bits per heavy atom. The lowest BCUT2D eigenvalue weighted by molar-refractivity contribution is -0.394. The Labute approximate surface area is 241 Å². The summed E-state index contributed by atoms with van der Waals surface area (Å²) in [4.78, 5) is 35.2. The first-order chi connectivity index (χ1) is 19.6. The number of hydrogen-bond donors (Lipinski definition) is 0. The molecule has 0 bridgehead atoms. The summed E-state index contributed by atoms with van der Waals surface area (Å²) >= 11 is 1.73. The molecule has 0 atom stereocenters. The van der Waals surface area contributed by atoms with Crippen molar-refractivity contribution in [1.82, 2.24) is 4.57 Å². The van der Waals surface area contributed by atoms with E-state index in [1.54, 1.807) is 24.3 Å². The lowest BCUT2D eigenvalue weighted by Crippen LogP contribution is -2.07. The molecule has 2 aromatic heterocycles. The lowest BCUT2D eigenvalue weighted by Gasteiger charge is -2.09. The van der Waals surface area contributed by atoms with Gasteiger partial charge in [0.05, 0.1) is 28.9 Å². The molecule has 3 aromatic carbocycles. The molecule has 0 aliphatic rings. The van der Waals surface area contributed by atoms with Crippen LogP contribution in [0.1, 0.15) is 42.3 Å². The summed E-state index contributed by atoms with van der Waals surface area (Å²) in [6, 6.07) is 15.5. The van der Waals surface area contributed by atoms with E-state index in [2.05, 4.69) is 36.6 Å². The zero-order valence-corrected chi connectivity index (χ0v) is 24.4. The number of carbonyl (C=O) groups is 1. The van der Waals surface area contributed by atoms with Crippen molar-refractivity contribution >= 4 is 49.7 Å². The van der Waals surface area contributed by atoms with Crippen molar-refractivity contribution in [3.63, 3.8) is 0 Å². The van der Waals surface area contributed by atoms with Gasteiger partial charge in [-0.2, -0.15) is 0 Å². The van der Waals surface area contributed by atoms with E-state index in [0.29, 0.717) is 17.7 Å². The molecular formula is C31H31N3O6S. The average molecular weight is 574 g/mol. The number of nitrogens with zero attached hydrogens (tertiary/aromatic N) is 3. The lowest BCUT2D eigenvalue weighted by atomic mass is 10.0. The third-order valence-electron chi connectivity index (χ3n) is 6.74. The van der Waals surface area contributed by atoms with Crippen LogP contribution in [0.15, 0.2) is 60.8 Å². The van der Waals surface area contributed by atoms with Gasteiger partial charge in [-0.25, -0.2) is 0 Å². The van der Waals surface area contributed by atoms with Gasteiger partial charge in [-0.15, -0.1) is 11.3 Å². The molecule has 0 fully saturated rings. The molecule has 10 heteroatoms. The number of nitro groups is 2. The highest BCUT2D eigenvalue weighted by Crippen LogP contribution is 2.36. The number of esters is 1. The summed E-state index contributed by atoms with van der Waals surface area (Å²) in [5.41, 5.74) is 4.21. The minimum Gasteiger partial charge on any atom is -0.466 e. The minimum absolute atomic E-state index is 0.0987. The van der Waals surface area contributed by atoms with Gasteiger partial charge in [0.1, 0.15) is 0 Å². The van der Waals surface area contributed by atoms with E-state index in [1.165, 1.54) is 32.7 Å². The number of carbonyl (C=O) groups excluding carboxylic acids is 1. The van der Waals surface area contributed by atoms with Gasteiger partial charge in [0, 0.05) is 45.4 Å². The molecule has 0 aliphatic heterocycles. The Kier molecular flexibility index (Phi) is 8.83. The Balaban J connectivity index is 0.00000189. The zero-order chi connectivity index (χ0) is 29.8. The fraction of sp³-hybridized carbons (Fsp3) is 0.258. The Hall–Kier alpha value is -4.57. The first-order valence-corrected chi connectivity index (χ1v) is 14.2. The predicted molar refractivity (Wildman–Crippen MR) is 163 cm³/mol. The van der Waals surface area contributed by atoms with Crippen LogP contribution in [0.2, 0.25) is 0 Å². The Morgan fingerprint density at radius 3 is 2.22 bits per heavy atom. The van der Waals surface area contributed by atoms with Crippen molar-refractivity contribution in [2.75, 3.05) is 6.61 Å². The first kappa shape index (κ1) is 29.4. The van der Waals surface area contributed by atoms with Crippen molar-refractivity contribution in [2.24, 2.45) is 0 Å². The number of thiophene rings is 1. The number of benzene rings is 3. The molecular weight excluding hydrogens is 542 g/mol. The second kappa shape index (κ2) is 12.3. The van der Waals surface area contributed by atoms with E-state index in [4.69, 9.17) is 4.74 Å². The van der Waals surface area contributed by atoms with Crippen molar-refractivity contribution in [3.05, 3.63) is 103 Å². The minimum atomic E-state index is -0.637. The second-order valence-electron chi connectivity index (χ2n) is 9.38. The number of aromatic nitrogens is 1. The molecule has 0 unspecified atom stereocenters. The number of hydrogen-bond acceptors (Lipinski definition) is 7. The number of rotatable bonds is 8. The van der Waals surface area contributed by atoms with E-state index in [-0.39, 0.29) is 30.4 Å². The van der Waals surface area contributed by atoms with Gasteiger partial charge in [-0.3, -0.25) is 25.0 Å². The summed E-state index contributed by atoms with van der Waals surface area (Å²) < 4.78 is 8.45. The van der Waals surface area contributed by atoms with Crippen molar-refractivity contribution in [2.45, 2.75) is 47.6 Å². The molecule has 0 saturated carbocycles. The average Bonchev–Trinajstić information content (AvgIpc) is 3.45. The highest BCUT2D eigenvalue weighted by atomic mass is 32.1. The largest absolute Gasteiger partial charge is 0.466 e. The van der Waals surface area contributed by atoms with Gasteiger partial charge in [-0.05, 0) is 60.5 Å². The Bertz CT molecular complexity index is 1750. The second-order valence-corrected chi connectivity index (χ2v) is 10.6. The molecule has 0 N–H and O–H groups in total. The van der Waals surface area contributed by atoms with Crippen LogP contribution in [0.3, 0.4) is 0 Å².